The monoisotopic (exact) mass is 397 g/mol. The number of rotatable bonds is 1. The van der Waals surface area contributed by atoms with Crippen molar-refractivity contribution >= 4 is 33.3 Å². The van der Waals surface area contributed by atoms with Crippen molar-refractivity contribution in [2.75, 3.05) is 0 Å². The predicted molar refractivity (Wildman–Crippen MR) is 115 cm³/mol. The average Bonchev–Trinajstić information content (AvgIpc) is 2.73. The highest BCUT2D eigenvalue weighted by Crippen LogP contribution is 2.47. The maximum Gasteiger partial charge on any atom is 0.205 e. The lowest BCUT2D eigenvalue weighted by atomic mass is 9.82. The van der Waals surface area contributed by atoms with E-state index in [0.717, 1.165) is 38.4 Å². The van der Waals surface area contributed by atoms with Gasteiger partial charge in [-0.25, -0.2) is 4.98 Å². The molecule has 140 valence electrons. The molecule has 5 heteroatoms. The molecule has 0 unspecified atom stereocenters. The fourth-order valence-corrected chi connectivity index (χ4v) is 4.30. The third-order valence-electron chi connectivity index (χ3n) is 5.45. The van der Waals surface area contributed by atoms with Crippen molar-refractivity contribution in [2.45, 2.75) is 12.8 Å². The minimum Gasteiger partial charge on any atom is -0.440 e. The largest absolute Gasteiger partial charge is 0.440 e. The summed E-state index contributed by atoms with van der Waals surface area (Å²) in [6.07, 6.45) is 0. The molecule has 0 aliphatic carbocycles. The van der Waals surface area contributed by atoms with Gasteiger partial charge in [-0.1, -0.05) is 66.2 Å². The number of halogens is 1. The number of allylic oxidation sites excluding steroid dienone is 1. The predicted octanol–water partition coefficient (Wildman–Crippen LogP) is 5.57. The van der Waals surface area contributed by atoms with E-state index >= 15 is 0 Å². The van der Waals surface area contributed by atoms with Crippen LogP contribution in [0.5, 0.6) is 5.75 Å². The molecule has 4 nitrogen and oxygen atoms in total. The van der Waals surface area contributed by atoms with Crippen molar-refractivity contribution in [3.63, 3.8) is 0 Å². The molecule has 29 heavy (non-hydrogen) atoms. The van der Waals surface area contributed by atoms with E-state index in [1.165, 1.54) is 0 Å². The smallest absolute Gasteiger partial charge is 0.205 e. The molecule has 5 rings (SSSR count). The number of nitriles is 1. The Morgan fingerprint density at radius 3 is 2.66 bits per heavy atom. The Balaban J connectivity index is 1.83. The second kappa shape index (κ2) is 6.51. The van der Waals surface area contributed by atoms with Gasteiger partial charge in [-0.05, 0) is 23.9 Å². The zero-order valence-electron chi connectivity index (χ0n) is 15.6. The first-order valence-electron chi connectivity index (χ1n) is 9.23. The minimum atomic E-state index is -0.446. The van der Waals surface area contributed by atoms with E-state index in [-0.39, 0.29) is 5.88 Å². The lowest BCUT2D eigenvalue weighted by Gasteiger charge is -2.28. The number of para-hydroxylation sites is 1. The summed E-state index contributed by atoms with van der Waals surface area (Å²) in [5.41, 5.74) is 10.0. The van der Waals surface area contributed by atoms with Crippen LogP contribution >= 0.6 is 11.6 Å². The van der Waals surface area contributed by atoms with Gasteiger partial charge in [0.25, 0.3) is 0 Å². The van der Waals surface area contributed by atoms with E-state index < -0.39 is 5.92 Å². The van der Waals surface area contributed by atoms with Crippen LogP contribution < -0.4 is 10.5 Å². The summed E-state index contributed by atoms with van der Waals surface area (Å²) in [6.45, 7) is 2.00. The molecule has 0 saturated heterocycles. The summed E-state index contributed by atoms with van der Waals surface area (Å²) in [4.78, 5) is 4.63. The molecular formula is C24H16ClN3O. The van der Waals surface area contributed by atoms with Crippen molar-refractivity contribution in [3.8, 4) is 11.8 Å². The summed E-state index contributed by atoms with van der Waals surface area (Å²) in [5, 5.41) is 13.2. The van der Waals surface area contributed by atoms with Gasteiger partial charge in [-0.15, -0.1) is 0 Å². The van der Waals surface area contributed by atoms with Gasteiger partial charge >= 0.3 is 0 Å². The zero-order chi connectivity index (χ0) is 20.1. The van der Waals surface area contributed by atoms with Gasteiger partial charge in [-0.2, -0.15) is 5.26 Å². The molecule has 4 aromatic rings. The van der Waals surface area contributed by atoms with Gasteiger partial charge in [0.15, 0.2) is 0 Å². The number of hydrogen-bond acceptors (Lipinski definition) is 4. The van der Waals surface area contributed by atoms with Crippen LogP contribution in [0.15, 0.2) is 72.1 Å². The van der Waals surface area contributed by atoms with E-state index in [4.69, 9.17) is 22.1 Å². The van der Waals surface area contributed by atoms with E-state index in [2.05, 4.69) is 11.1 Å². The highest BCUT2D eigenvalue weighted by Gasteiger charge is 2.33. The van der Waals surface area contributed by atoms with E-state index in [1.807, 2.05) is 67.6 Å². The SMILES string of the molecule is Cc1cccc2cc([C@@H]3C(C#N)=C(N)Oc4c3ccc3ccccc43)c(Cl)nc12. The molecule has 0 radical (unpaired) electrons. The van der Waals surface area contributed by atoms with Crippen LogP contribution in [0, 0.1) is 18.3 Å². The molecule has 2 N–H and O–H groups in total. The number of ether oxygens (including phenoxy) is 1. The number of hydrogen-bond donors (Lipinski definition) is 1. The standard InChI is InChI=1S/C24H16ClN3O/c1-13-5-4-7-15-11-18(23(25)28-21(13)15)20-17-10-9-14-6-2-3-8-16(14)22(17)29-24(27)19(20)12-26/h2-11,20H,27H2,1H3/t20-/m1/s1. The molecule has 0 bridgehead atoms. The third-order valence-corrected chi connectivity index (χ3v) is 5.75. The van der Waals surface area contributed by atoms with Crippen molar-refractivity contribution in [1.29, 1.82) is 5.26 Å². The summed E-state index contributed by atoms with van der Waals surface area (Å²) in [6, 6.07) is 22.1. The Kier molecular flexibility index (Phi) is 3.94. The Hall–Kier alpha value is -3.55. The summed E-state index contributed by atoms with van der Waals surface area (Å²) >= 11 is 6.64. The van der Waals surface area contributed by atoms with Crippen molar-refractivity contribution in [2.24, 2.45) is 5.73 Å². The van der Waals surface area contributed by atoms with Gasteiger partial charge in [0.1, 0.15) is 22.5 Å². The molecule has 0 spiro atoms. The number of aromatic nitrogens is 1. The van der Waals surface area contributed by atoms with Gasteiger partial charge in [0.2, 0.25) is 5.88 Å². The molecule has 1 aromatic heterocycles. The molecular weight excluding hydrogens is 382 g/mol. The number of aryl methyl sites for hydroxylation is 1. The Morgan fingerprint density at radius 1 is 1.03 bits per heavy atom. The summed E-state index contributed by atoms with van der Waals surface area (Å²) < 4.78 is 5.92. The topological polar surface area (TPSA) is 71.9 Å². The number of nitrogens with zero attached hydrogens (tertiary/aromatic N) is 2. The lowest BCUT2D eigenvalue weighted by molar-refractivity contribution is 0.398. The fourth-order valence-electron chi connectivity index (χ4n) is 4.05. The van der Waals surface area contributed by atoms with Gasteiger partial charge in [-0.3, -0.25) is 0 Å². The minimum absolute atomic E-state index is 0.0989. The van der Waals surface area contributed by atoms with Crippen molar-refractivity contribution < 1.29 is 4.74 Å². The average molecular weight is 398 g/mol. The van der Waals surface area contributed by atoms with Gasteiger partial charge < -0.3 is 10.5 Å². The van der Waals surface area contributed by atoms with Crippen LogP contribution in [-0.4, -0.2) is 4.98 Å². The first kappa shape index (κ1) is 17.5. The number of benzene rings is 3. The molecule has 3 aromatic carbocycles. The first-order valence-corrected chi connectivity index (χ1v) is 9.61. The Bertz CT molecular complexity index is 1380. The van der Waals surface area contributed by atoms with E-state index in [0.29, 0.717) is 16.5 Å². The van der Waals surface area contributed by atoms with Gasteiger partial charge in [0.05, 0.1) is 11.4 Å². The highest BCUT2D eigenvalue weighted by molar-refractivity contribution is 6.30. The zero-order valence-corrected chi connectivity index (χ0v) is 16.4. The molecule has 1 aliphatic rings. The molecule has 0 fully saturated rings. The lowest BCUT2D eigenvalue weighted by Crippen LogP contribution is -2.21. The van der Waals surface area contributed by atoms with Gasteiger partial charge in [0, 0.05) is 21.9 Å². The number of nitrogens with two attached hydrogens (primary N) is 1. The molecule has 2 heterocycles. The highest BCUT2D eigenvalue weighted by atomic mass is 35.5. The first-order chi connectivity index (χ1) is 14.1. The second-order valence-corrected chi connectivity index (χ2v) is 7.50. The van der Waals surface area contributed by atoms with Crippen LogP contribution in [-0.2, 0) is 0 Å². The second-order valence-electron chi connectivity index (χ2n) is 7.14. The normalized spacial score (nSPS) is 15.8. The van der Waals surface area contributed by atoms with E-state index in [1.54, 1.807) is 0 Å². The maximum absolute atomic E-state index is 9.85. The number of pyridine rings is 1. The van der Waals surface area contributed by atoms with Crippen LogP contribution in [0.4, 0.5) is 0 Å². The quantitative estimate of drug-likeness (QED) is 0.426. The van der Waals surface area contributed by atoms with E-state index in [9.17, 15) is 5.26 Å². The maximum atomic E-state index is 9.85. The van der Waals surface area contributed by atoms with Crippen molar-refractivity contribution in [3.05, 3.63) is 94.0 Å². The van der Waals surface area contributed by atoms with Crippen LogP contribution in [0.2, 0.25) is 5.15 Å². The fraction of sp³-hybridized carbons (Fsp3) is 0.0833. The summed E-state index contributed by atoms with van der Waals surface area (Å²) in [7, 11) is 0. The summed E-state index contributed by atoms with van der Waals surface area (Å²) in [5.74, 6) is 0.310. The Morgan fingerprint density at radius 2 is 1.83 bits per heavy atom. The van der Waals surface area contributed by atoms with Crippen molar-refractivity contribution in [1.82, 2.24) is 4.98 Å². The molecule has 0 saturated carbocycles. The molecule has 1 atom stereocenters. The van der Waals surface area contributed by atoms with Crippen LogP contribution in [0.25, 0.3) is 21.7 Å². The number of fused-ring (bicyclic) bond motifs is 4. The molecule has 0 amide bonds. The Labute approximate surface area is 172 Å². The van der Waals surface area contributed by atoms with Crippen LogP contribution in [0.1, 0.15) is 22.6 Å². The van der Waals surface area contributed by atoms with Crippen LogP contribution in [0.3, 0.4) is 0 Å². The third kappa shape index (κ3) is 2.63. The molecule has 1 aliphatic heterocycles.